The van der Waals surface area contributed by atoms with Gasteiger partial charge in [-0.05, 0) is 66.4 Å². The summed E-state index contributed by atoms with van der Waals surface area (Å²) in [6.07, 6.45) is -0.193. The average molecular weight is 654 g/mol. The molecule has 1 heterocycles. The molecule has 0 aromatic heterocycles. The molecule has 5 rings (SSSR count). The van der Waals surface area contributed by atoms with Crippen molar-refractivity contribution < 1.29 is 37.3 Å². The number of alkyl halides is 2. The molecule has 4 aromatic carbocycles. The predicted molar refractivity (Wildman–Crippen MR) is 179 cm³/mol. The lowest BCUT2D eigenvalue weighted by Gasteiger charge is -2.32. The summed E-state index contributed by atoms with van der Waals surface area (Å²) in [4.78, 5) is 21.8. The number of nitrogens with zero attached hydrogens (tertiary/aromatic N) is 1. The third-order valence-electron chi connectivity index (χ3n) is 7.89. The second kappa shape index (κ2) is 16.7. The van der Waals surface area contributed by atoms with E-state index in [1.807, 2.05) is 18.2 Å². The molecule has 1 aliphatic rings. The van der Waals surface area contributed by atoms with Gasteiger partial charge in [-0.3, -0.25) is 14.5 Å². The molecule has 0 bridgehead atoms. The number of likely N-dealkylation sites (tertiary alicyclic amines) is 1. The maximum atomic E-state index is 13.6. The molecule has 1 aliphatic heterocycles. The van der Waals surface area contributed by atoms with Crippen molar-refractivity contribution in [2.24, 2.45) is 0 Å². The monoisotopic (exact) mass is 653 g/mol. The fourth-order valence-electron chi connectivity index (χ4n) is 5.66. The van der Waals surface area contributed by atoms with Crippen molar-refractivity contribution >= 4 is 28.8 Å². The van der Waals surface area contributed by atoms with Crippen LogP contribution in [0.3, 0.4) is 0 Å². The minimum atomic E-state index is -2.55. The number of benzene rings is 4. The van der Waals surface area contributed by atoms with Gasteiger partial charge < -0.3 is 25.6 Å². The number of piperidine rings is 1. The van der Waals surface area contributed by atoms with E-state index in [9.17, 15) is 18.0 Å². The first-order valence-corrected chi connectivity index (χ1v) is 15.2. The summed E-state index contributed by atoms with van der Waals surface area (Å²) in [6.45, 7) is 7.09. The van der Waals surface area contributed by atoms with E-state index in [1.165, 1.54) is 10.9 Å². The van der Waals surface area contributed by atoms with Crippen LogP contribution in [0.2, 0.25) is 0 Å². The molecule has 1 amide bonds. The molecule has 1 saturated heterocycles. The highest BCUT2D eigenvalue weighted by Gasteiger charge is 2.34. The zero-order valence-corrected chi connectivity index (χ0v) is 27.3. The summed E-state index contributed by atoms with van der Waals surface area (Å²) in [5.41, 5.74) is 10.5. The topological polar surface area (TPSA) is 114 Å². The molecule has 0 radical (unpaired) electrons. The number of rotatable bonds is 7. The highest BCUT2D eigenvalue weighted by atomic mass is 19.3. The number of aryl methyl sites for hydroxylation is 2. The van der Waals surface area contributed by atoms with E-state index < -0.39 is 17.6 Å². The van der Waals surface area contributed by atoms with E-state index in [0.717, 1.165) is 39.6 Å². The third-order valence-corrected chi connectivity index (χ3v) is 7.89. The Morgan fingerprint density at radius 1 is 1.00 bits per heavy atom. The van der Waals surface area contributed by atoms with E-state index in [-0.39, 0.29) is 24.9 Å². The van der Waals surface area contributed by atoms with Crippen molar-refractivity contribution in [2.45, 2.75) is 46.1 Å². The zero-order chi connectivity index (χ0) is 34.7. The van der Waals surface area contributed by atoms with Gasteiger partial charge in [0.2, 0.25) is 0 Å². The third kappa shape index (κ3) is 9.16. The van der Waals surface area contributed by atoms with Gasteiger partial charge in [0.25, 0.3) is 18.3 Å². The Bertz CT molecular complexity index is 1660. The summed E-state index contributed by atoms with van der Waals surface area (Å²) >= 11 is 0. The van der Waals surface area contributed by atoms with Crippen LogP contribution in [0.4, 0.5) is 18.9 Å². The van der Waals surface area contributed by atoms with Gasteiger partial charge in [0.15, 0.2) is 0 Å². The van der Waals surface area contributed by atoms with Crippen LogP contribution in [0.25, 0.3) is 21.9 Å². The van der Waals surface area contributed by atoms with Crippen molar-refractivity contribution in [3.05, 3.63) is 88.7 Å². The number of carbonyl (C=O) groups excluding carboxylic acids is 1. The quantitative estimate of drug-likeness (QED) is 0.142. The number of carbonyl (C=O) groups is 2. The molecule has 11 heteroatoms. The lowest BCUT2D eigenvalue weighted by atomic mass is 9.93. The molecule has 0 aliphatic carbocycles. The van der Waals surface area contributed by atoms with E-state index >= 15 is 0 Å². The second-order valence-corrected chi connectivity index (χ2v) is 11.1. The molecule has 47 heavy (non-hydrogen) atoms. The normalized spacial score (nSPS) is 13.8. The van der Waals surface area contributed by atoms with Gasteiger partial charge in [0.05, 0.1) is 25.3 Å². The number of anilines is 1. The van der Waals surface area contributed by atoms with E-state index in [2.05, 4.69) is 47.5 Å². The maximum Gasteiger partial charge on any atom is 0.290 e. The maximum absolute atomic E-state index is 13.6. The van der Waals surface area contributed by atoms with Gasteiger partial charge in [0, 0.05) is 50.3 Å². The minimum absolute atomic E-state index is 0.0704. The number of carboxylic acid groups (broad SMARTS) is 1. The largest absolute Gasteiger partial charge is 0.496 e. The number of nitrogen functional groups attached to an aromatic ring is 1. The Morgan fingerprint density at radius 3 is 2.23 bits per heavy atom. The number of ether oxygens (including phenoxy) is 2. The number of methoxy groups -OCH3 is 2. The first-order chi connectivity index (χ1) is 22.4. The molecule has 252 valence electrons. The van der Waals surface area contributed by atoms with Crippen molar-refractivity contribution in [1.82, 2.24) is 10.2 Å². The first kappa shape index (κ1) is 36.7. The van der Waals surface area contributed by atoms with Gasteiger partial charge in [-0.25, -0.2) is 13.2 Å². The number of hydrogen-bond donors (Lipinski definition) is 3. The van der Waals surface area contributed by atoms with Crippen LogP contribution in [-0.4, -0.2) is 62.2 Å². The van der Waals surface area contributed by atoms with Crippen LogP contribution in [0, 0.1) is 19.7 Å². The Morgan fingerprint density at radius 2 is 1.64 bits per heavy atom. The van der Waals surface area contributed by atoms with E-state index in [4.69, 9.17) is 25.1 Å². The summed E-state index contributed by atoms with van der Waals surface area (Å²) < 4.78 is 52.0. The van der Waals surface area contributed by atoms with Gasteiger partial charge in [-0.15, -0.1) is 0 Å². The van der Waals surface area contributed by atoms with Gasteiger partial charge in [-0.1, -0.05) is 42.5 Å². The average Bonchev–Trinajstić information content (AvgIpc) is 3.02. The summed E-state index contributed by atoms with van der Waals surface area (Å²) in [5.74, 6) is -2.06. The molecule has 4 N–H and O–H groups in total. The molecule has 0 saturated carbocycles. The highest BCUT2D eigenvalue weighted by Crippen LogP contribution is 2.44. The predicted octanol–water partition coefficient (Wildman–Crippen LogP) is 7.23. The fraction of sp³-hybridized carbons (Fsp3) is 0.333. The molecule has 0 unspecified atom stereocenters. The van der Waals surface area contributed by atoms with Crippen LogP contribution in [-0.2, 0) is 11.3 Å². The van der Waals surface area contributed by atoms with Crippen molar-refractivity contribution in [3.8, 4) is 22.6 Å². The van der Waals surface area contributed by atoms with Crippen LogP contribution >= 0.6 is 0 Å². The van der Waals surface area contributed by atoms with Crippen LogP contribution in [0.1, 0.15) is 46.8 Å². The Kier molecular flexibility index (Phi) is 13.0. The summed E-state index contributed by atoms with van der Waals surface area (Å²) in [5, 5.41) is 11.7. The second-order valence-electron chi connectivity index (χ2n) is 11.1. The Labute approximate surface area is 273 Å². The number of hydrogen-bond acceptors (Lipinski definition) is 6. The van der Waals surface area contributed by atoms with Crippen LogP contribution in [0.15, 0.2) is 60.7 Å². The van der Waals surface area contributed by atoms with Crippen molar-refractivity contribution in [1.29, 1.82) is 0 Å². The van der Waals surface area contributed by atoms with Crippen LogP contribution < -0.4 is 20.5 Å². The highest BCUT2D eigenvalue weighted by molar-refractivity contribution is 6.01. The number of halogens is 3. The number of nitrogens with one attached hydrogen (secondary N) is 1. The minimum Gasteiger partial charge on any atom is -0.496 e. The fourth-order valence-corrected chi connectivity index (χ4v) is 5.66. The van der Waals surface area contributed by atoms with Crippen molar-refractivity contribution in [3.63, 3.8) is 0 Å². The van der Waals surface area contributed by atoms with E-state index in [1.54, 1.807) is 34.1 Å². The Hall–Kier alpha value is -4.77. The van der Waals surface area contributed by atoms with Gasteiger partial charge >= 0.3 is 0 Å². The summed E-state index contributed by atoms with van der Waals surface area (Å²) in [6, 6.07) is 19.1. The molecular formula is C36H42F3N3O5. The number of nitrogens with two attached hydrogens (primary N) is 1. The van der Waals surface area contributed by atoms with Crippen LogP contribution in [0.5, 0.6) is 11.5 Å². The molecule has 8 nitrogen and oxygen atoms in total. The van der Waals surface area contributed by atoms with Gasteiger partial charge in [0.1, 0.15) is 17.3 Å². The number of fused-ring (bicyclic) bond motifs is 1. The Balaban J connectivity index is 0.000000295. The SMILES string of the molecule is CCNC(=O)c1c(C)cc(N)cc1F.COc1ccc(CN2CCC(F)(F)CC2)c(OC)c1-c1cccc2c(C)cccc12.O=CO. The zero-order valence-electron chi connectivity index (χ0n) is 27.3. The number of amides is 1. The smallest absolute Gasteiger partial charge is 0.290 e. The molecule has 4 aromatic rings. The first-order valence-electron chi connectivity index (χ1n) is 15.2. The standard InChI is InChI=1S/C25H27F2NO2.C10H13FN2O.CH2O2/c1-17-6-4-8-20-19(17)7-5-9-21(20)23-22(29-2)11-10-18(24(23)30-3)16-28-14-12-25(26,27)13-15-28;1-3-13-10(14)9-6(2)4-7(12)5-8(9)11;2-1-3/h4-11H,12-16H2,1-3H3;4-5H,3,12H2,1-2H3,(H,13,14);1H,(H,2,3). The van der Waals surface area contributed by atoms with E-state index in [0.29, 0.717) is 37.4 Å². The summed E-state index contributed by atoms with van der Waals surface area (Å²) in [7, 11) is 3.31. The molecule has 1 fully saturated rings. The molecular weight excluding hydrogens is 611 g/mol. The lowest BCUT2D eigenvalue weighted by Crippen LogP contribution is -2.38. The lowest BCUT2D eigenvalue weighted by molar-refractivity contribution is -0.122. The van der Waals surface area contributed by atoms with Gasteiger partial charge in [-0.2, -0.15) is 0 Å². The molecule has 0 spiro atoms. The van der Waals surface area contributed by atoms with Crippen molar-refractivity contribution in [2.75, 3.05) is 39.6 Å². The molecule has 0 atom stereocenters.